The van der Waals surface area contributed by atoms with Gasteiger partial charge in [0.1, 0.15) is 18.1 Å². The van der Waals surface area contributed by atoms with Crippen LogP contribution in [-0.2, 0) is 36.8 Å². The van der Waals surface area contributed by atoms with Gasteiger partial charge in [0.2, 0.25) is 17.7 Å². The van der Waals surface area contributed by atoms with E-state index in [2.05, 4.69) is 25.9 Å². The highest BCUT2D eigenvalue weighted by Gasteiger charge is 2.32. The molecule has 4 aromatic rings. The van der Waals surface area contributed by atoms with Gasteiger partial charge in [0.15, 0.2) is 0 Å². The first-order valence-electron chi connectivity index (χ1n) is 14.7. The number of carbonyl (C=O) groups excluding carboxylic acids is 3. The van der Waals surface area contributed by atoms with Crippen molar-refractivity contribution >= 4 is 51.5 Å². The van der Waals surface area contributed by atoms with Crippen molar-refractivity contribution < 1.29 is 34.2 Å². The van der Waals surface area contributed by atoms with Crippen LogP contribution < -0.4 is 21.7 Å². The summed E-state index contributed by atoms with van der Waals surface area (Å²) in [6, 6.07) is 10.3. The molecule has 0 spiro atoms. The normalized spacial score (nSPS) is 14.0. The fourth-order valence-electron chi connectivity index (χ4n) is 5.21. The summed E-state index contributed by atoms with van der Waals surface area (Å²) in [6.07, 6.45) is 3.03. The number of H-pyrrole nitrogens is 2. The number of fused-ring (bicyclic) bond motifs is 2. The first kappa shape index (κ1) is 32.7. The molecule has 2 aromatic carbocycles. The van der Waals surface area contributed by atoms with Crippen LogP contribution in [0.2, 0.25) is 0 Å². The van der Waals surface area contributed by atoms with Crippen LogP contribution >= 0.6 is 0 Å². The van der Waals surface area contributed by atoms with Gasteiger partial charge >= 0.3 is 11.9 Å². The minimum absolute atomic E-state index is 0.0736. The van der Waals surface area contributed by atoms with E-state index < -0.39 is 66.2 Å². The number of hydrogen-bond donors (Lipinski definition) is 8. The van der Waals surface area contributed by atoms with Gasteiger partial charge in [-0.25, -0.2) is 4.79 Å². The Kier molecular flexibility index (Phi) is 10.6. The van der Waals surface area contributed by atoms with Gasteiger partial charge in [-0.05, 0) is 42.0 Å². The first-order valence-corrected chi connectivity index (χ1v) is 14.7. The number of rotatable bonds is 15. The lowest BCUT2D eigenvalue weighted by Crippen LogP contribution is -2.59. The lowest BCUT2D eigenvalue weighted by Gasteiger charge is -2.27. The summed E-state index contributed by atoms with van der Waals surface area (Å²) in [4.78, 5) is 69.2. The van der Waals surface area contributed by atoms with Crippen LogP contribution in [0.25, 0.3) is 21.8 Å². The van der Waals surface area contributed by atoms with Crippen LogP contribution in [-0.4, -0.2) is 74.0 Å². The number of carboxylic acids is 2. The van der Waals surface area contributed by atoms with E-state index in [9.17, 15) is 29.1 Å². The zero-order valence-electron chi connectivity index (χ0n) is 25.0. The largest absolute Gasteiger partial charge is 0.481 e. The molecule has 4 rings (SSSR count). The number of nitrogens with one attached hydrogen (secondary N) is 5. The molecular weight excluding hydrogens is 580 g/mol. The Hall–Kier alpha value is -5.17. The number of aromatic amines is 2. The first-order chi connectivity index (χ1) is 21.4. The standard InChI is InChI=1S/C32H38N6O7/c1-17(2)28(31(43)36-25(32(44)45)11-12-27(39)40)38-30(42)26(14-19-16-35-24-10-6-4-8-21(19)24)37-29(41)22(33)13-18-15-34-23-9-5-3-7-20(18)23/h3-10,15-17,22,25-26,28,34-35H,11-14,33H2,1-2H3,(H,36,43)(H,37,41)(H,38,42)(H,39,40)(H,44,45). The molecule has 0 bridgehead atoms. The fraction of sp³-hybridized carbons (Fsp3) is 0.344. The number of carbonyl (C=O) groups is 5. The summed E-state index contributed by atoms with van der Waals surface area (Å²) in [6.45, 7) is 3.34. The maximum atomic E-state index is 13.8. The Balaban J connectivity index is 1.53. The molecule has 238 valence electrons. The van der Waals surface area contributed by atoms with Crippen molar-refractivity contribution in [3.05, 3.63) is 72.1 Å². The molecule has 4 atom stereocenters. The van der Waals surface area contributed by atoms with Crippen molar-refractivity contribution in [1.82, 2.24) is 25.9 Å². The summed E-state index contributed by atoms with van der Waals surface area (Å²) in [5, 5.41) is 28.0. The quantitative estimate of drug-likeness (QED) is 0.0980. The molecule has 0 aliphatic heterocycles. The number of benzene rings is 2. The van der Waals surface area contributed by atoms with Crippen LogP contribution in [0.1, 0.15) is 37.8 Å². The number of amides is 3. The third-order valence-corrected chi connectivity index (χ3v) is 7.69. The number of carboxylic acid groups (broad SMARTS) is 2. The highest BCUT2D eigenvalue weighted by molar-refractivity contribution is 5.95. The molecule has 2 heterocycles. The molecule has 0 aliphatic rings. The van der Waals surface area contributed by atoms with Gasteiger partial charge in [0.05, 0.1) is 6.04 Å². The zero-order chi connectivity index (χ0) is 32.7. The Bertz CT molecular complexity index is 1690. The van der Waals surface area contributed by atoms with E-state index in [1.807, 2.05) is 48.5 Å². The molecule has 45 heavy (non-hydrogen) atoms. The molecule has 0 saturated heterocycles. The monoisotopic (exact) mass is 618 g/mol. The van der Waals surface area contributed by atoms with Gasteiger partial charge in [-0.1, -0.05) is 50.2 Å². The number of hydrogen-bond acceptors (Lipinski definition) is 6. The van der Waals surface area contributed by atoms with E-state index in [0.717, 1.165) is 32.9 Å². The van der Waals surface area contributed by atoms with E-state index in [1.54, 1.807) is 26.2 Å². The van der Waals surface area contributed by atoms with E-state index in [-0.39, 0.29) is 19.3 Å². The second-order valence-electron chi connectivity index (χ2n) is 11.4. The lowest BCUT2D eigenvalue weighted by molar-refractivity contribution is -0.143. The molecule has 0 radical (unpaired) electrons. The average molecular weight is 619 g/mol. The van der Waals surface area contributed by atoms with Crippen molar-refractivity contribution in [2.75, 3.05) is 0 Å². The summed E-state index contributed by atoms with van der Waals surface area (Å²) in [7, 11) is 0. The average Bonchev–Trinajstić information content (AvgIpc) is 3.61. The fourth-order valence-corrected chi connectivity index (χ4v) is 5.21. The molecule has 3 amide bonds. The smallest absolute Gasteiger partial charge is 0.326 e. The highest BCUT2D eigenvalue weighted by Crippen LogP contribution is 2.21. The Labute approximate surface area is 258 Å². The van der Waals surface area contributed by atoms with Crippen molar-refractivity contribution in [1.29, 1.82) is 0 Å². The van der Waals surface area contributed by atoms with Crippen LogP contribution in [0.3, 0.4) is 0 Å². The van der Waals surface area contributed by atoms with Crippen molar-refractivity contribution in [3.8, 4) is 0 Å². The molecular formula is C32H38N6O7. The molecule has 0 fully saturated rings. The summed E-state index contributed by atoms with van der Waals surface area (Å²) in [5.74, 6) is -5.10. The van der Waals surface area contributed by atoms with Crippen molar-refractivity contribution in [3.63, 3.8) is 0 Å². The van der Waals surface area contributed by atoms with Crippen molar-refractivity contribution in [2.24, 2.45) is 11.7 Å². The molecule has 0 saturated carbocycles. The molecule has 13 nitrogen and oxygen atoms in total. The van der Waals surface area contributed by atoms with Gasteiger partial charge in [0, 0.05) is 47.0 Å². The van der Waals surface area contributed by atoms with E-state index in [0.29, 0.717) is 0 Å². The summed E-state index contributed by atoms with van der Waals surface area (Å²) in [5.41, 5.74) is 9.66. The van der Waals surface area contributed by atoms with Gasteiger partial charge in [-0.3, -0.25) is 19.2 Å². The molecule has 0 aliphatic carbocycles. The minimum Gasteiger partial charge on any atom is -0.481 e. The third kappa shape index (κ3) is 8.26. The summed E-state index contributed by atoms with van der Waals surface area (Å²) >= 11 is 0. The second-order valence-corrected chi connectivity index (χ2v) is 11.4. The van der Waals surface area contributed by atoms with E-state index in [1.165, 1.54) is 0 Å². The predicted octanol–water partition coefficient (Wildman–Crippen LogP) is 1.82. The highest BCUT2D eigenvalue weighted by atomic mass is 16.4. The molecule has 13 heteroatoms. The van der Waals surface area contributed by atoms with Gasteiger partial charge in [0.25, 0.3) is 0 Å². The van der Waals surface area contributed by atoms with E-state index >= 15 is 0 Å². The van der Waals surface area contributed by atoms with Gasteiger partial charge < -0.3 is 41.9 Å². The number of para-hydroxylation sites is 2. The number of nitrogens with two attached hydrogens (primary N) is 1. The van der Waals surface area contributed by atoms with Crippen LogP contribution in [0.5, 0.6) is 0 Å². The number of aliphatic carboxylic acids is 2. The molecule has 2 aromatic heterocycles. The maximum Gasteiger partial charge on any atom is 0.326 e. The van der Waals surface area contributed by atoms with Crippen LogP contribution in [0, 0.1) is 5.92 Å². The third-order valence-electron chi connectivity index (χ3n) is 7.69. The topological polar surface area (TPSA) is 219 Å². The Morgan fingerprint density at radius 2 is 1.27 bits per heavy atom. The molecule has 4 unspecified atom stereocenters. The van der Waals surface area contributed by atoms with E-state index in [4.69, 9.17) is 10.8 Å². The van der Waals surface area contributed by atoms with Gasteiger partial charge in [-0.2, -0.15) is 0 Å². The predicted molar refractivity (Wildman–Crippen MR) is 167 cm³/mol. The zero-order valence-corrected chi connectivity index (χ0v) is 25.0. The maximum absolute atomic E-state index is 13.8. The Morgan fingerprint density at radius 3 is 1.80 bits per heavy atom. The van der Waals surface area contributed by atoms with Crippen molar-refractivity contribution in [2.45, 2.75) is 63.7 Å². The Morgan fingerprint density at radius 1 is 0.733 bits per heavy atom. The second kappa shape index (κ2) is 14.5. The number of aromatic nitrogens is 2. The molecule has 9 N–H and O–H groups in total. The minimum atomic E-state index is -1.46. The summed E-state index contributed by atoms with van der Waals surface area (Å²) < 4.78 is 0. The van der Waals surface area contributed by atoms with Crippen LogP contribution in [0.4, 0.5) is 0 Å². The van der Waals surface area contributed by atoms with Crippen LogP contribution in [0.15, 0.2) is 60.9 Å². The lowest BCUT2D eigenvalue weighted by atomic mass is 9.99. The van der Waals surface area contributed by atoms with Gasteiger partial charge in [-0.15, -0.1) is 0 Å². The SMILES string of the molecule is CC(C)C(NC(=O)C(Cc1c[nH]c2ccccc12)NC(=O)C(N)Cc1c[nH]c2ccccc12)C(=O)NC(CCC(=O)O)C(=O)O.